The molecule has 15 heavy (non-hydrogen) atoms. The molecule has 84 valence electrons. The maximum atomic E-state index is 9.62. The third-order valence-electron chi connectivity index (χ3n) is 2.09. The summed E-state index contributed by atoms with van der Waals surface area (Å²) >= 11 is 7.64. The van der Waals surface area contributed by atoms with Crippen molar-refractivity contribution in [2.24, 2.45) is 0 Å². The van der Waals surface area contributed by atoms with Crippen LogP contribution in [0.2, 0.25) is 5.02 Å². The van der Waals surface area contributed by atoms with Crippen molar-refractivity contribution in [3.8, 4) is 5.75 Å². The summed E-state index contributed by atoms with van der Waals surface area (Å²) in [6, 6.07) is 5.41. The smallest absolute Gasteiger partial charge is 0.138 e. The largest absolute Gasteiger partial charge is 0.506 e. The summed E-state index contributed by atoms with van der Waals surface area (Å²) in [6.45, 7) is 1.63. The van der Waals surface area contributed by atoms with Crippen molar-refractivity contribution < 1.29 is 5.11 Å². The second-order valence-electron chi connectivity index (χ2n) is 3.27. The predicted octanol–water partition coefficient (Wildman–Crippen LogP) is 2.89. The average molecular weight is 246 g/mol. The van der Waals surface area contributed by atoms with Crippen LogP contribution in [-0.2, 0) is 6.54 Å². The van der Waals surface area contributed by atoms with E-state index in [0.29, 0.717) is 11.6 Å². The molecule has 0 saturated carbocycles. The van der Waals surface area contributed by atoms with Crippen molar-refractivity contribution in [3.05, 3.63) is 28.8 Å². The highest BCUT2D eigenvalue weighted by Crippen LogP contribution is 2.26. The molecule has 1 rings (SSSR count). The Balaban J connectivity index is 2.34. The molecule has 0 spiro atoms. The van der Waals surface area contributed by atoms with E-state index in [2.05, 4.69) is 11.6 Å². The van der Waals surface area contributed by atoms with Gasteiger partial charge in [-0.1, -0.05) is 23.7 Å². The molecule has 1 aromatic rings. The van der Waals surface area contributed by atoms with Crippen molar-refractivity contribution >= 4 is 23.4 Å². The summed E-state index contributed by atoms with van der Waals surface area (Å²) in [5, 5.41) is 13.3. The standard InChI is InChI=1S/C11H16ClNOS/c1-15-7-3-6-13-8-9-4-2-5-10(12)11(9)14/h2,4-5,13-14H,3,6-8H2,1H3. The van der Waals surface area contributed by atoms with E-state index < -0.39 is 0 Å². The highest BCUT2D eigenvalue weighted by molar-refractivity contribution is 7.98. The van der Waals surface area contributed by atoms with Gasteiger partial charge in [0.25, 0.3) is 0 Å². The first-order valence-corrected chi connectivity index (χ1v) is 6.69. The van der Waals surface area contributed by atoms with E-state index in [4.69, 9.17) is 11.6 Å². The van der Waals surface area contributed by atoms with Crippen molar-refractivity contribution in [1.82, 2.24) is 5.32 Å². The molecule has 0 atom stereocenters. The Kier molecular flexibility index (Phi) is 5.91. The molecule has 0 aliphatic carbocycles. The van der Waals surface area contributed by atoms with Crippen LogP contribution in [0.1, 0.15) is 12.0 Å². The number of phenols is 1. The van der Waals surface area contributed by atoms with E-state index in [1.54, 1.807) is 6.07 Å². The Bertz CT molecular complexity index is 307. The molecular weight excluding hydrogens is 230 g/mol. The molecule has 1 aromatic carbocycles. The maximum Gasteiger partial charge on any atom is 0.138 e. The van der Waals surface area contributed by atoms with Gasteiger partial charge < -0.3 is 10.4 Å². The van der Waals surface area contributed by atoms with Crippen molar-refractivity contribution in [2.75, 3.05) is 18.6 Å². The summed E-state index contributed by atoms with van der Waals surface area (Å²) in [5.41, 5.74) is 0.853. The van der Waals surface area contributed by atoms with Crippen molar-refractivity contribution in [3.63, 3.8) is 0 Å². The van der Waals surface area contributed by atoms with Gasteiger partial charge in [0.15, 0.2) is 0 Å². The van der Waals surface area contributed by atoms with Gasteiger partial charge in [-0.05, 0) is 31.0 Å². The number of rotatable bonds is 6. The number of phenolic OH excluding ortho intramolecular Hbond substituents is 1. The first-order chi connectivity index (χ1) is 7.25. The van der Waals surface area contributed by atoms with Gasteiger partial charge in [0.2, 0.25) is 0 Å². The number of thioether (sulfide) groups is 1. The summed E-state index contributed by atoms with van der Waals surface area (Å²) in [6.07, 6.45) is 3.24. The number of nitrogens with one attached hydrogen (secondary N) is 1. The number of hydrogen-bond donors (Lipinski definition) is 2. The normalized spacial score (nSPS) is 10.5. The Morgan fingerprint density at radius 3 is 3.00 bits per heavy atom. The SMILES string of the molecule is CSCCCNCc1cccc(Cl)c1O. The van der Waals surface area contributed by atoms with Gasteiger partial charge in [0, 0.05) is 12.1 Å². The first-order valence-electron chi connectivity index (χ1n) is 4.91. The Morgan fingerprint density at radius 1 is 1.47 bits per heavy atom. The molecule has 2 nitrogen and oxygen atoms in total. The van der Waals surface area contributed by atoms with Crippen molar-refractivity contribution in [2.45, 2.75) is 13.0 Å². The van der Waals surface area contributed by atoms with Gasteiger partial charge in [0.05, 0.1) is 5.02 Å². The number of halogens is 1. The molecule has 0 aliphatic heterocycles. The lowest BCUT2D eigenvalue weighted by molar-refractivity contribution is 0.465. The molecule has 0 radical (unpaired) electrons. The third-order valence-corrected chi connectivity index (χ3v) is 3.09. The fourth-order valence-corrected chi connectivity index (χ4v) is 1.89. The van der Waals surface area contributed by atoms with Crippen LogP contribution in [-0.4, -0.2) is 23.7 Å². The fraction of sp³-hybridized carbons (Fsp3) is 0.455. The van der Waals surface area contributed by atoms with E-state index in [0.717, 1.165) is 24.3 Å². The van der Waals surface area contributed by atoms with Crippen LogP contribution < -0.4 is 5.32 Å². The third kappa shape index (κ3) is 4.33. The molecule has 0 fully saturated rings. The van der Waals surface area contributed by atoms with Crippen LogP contribution in [0, 0.1) is 0 Å². The van der Waals surface area contributed by atoms with Crippen LogP contribution in [0.5, 0.6) is 5.75 Å². The van der Waals surface area contributed by atoms with E-state index in [-0.39, 0.29) is 5.75 Å². The van der Waals surface area contributed by atoms with Gasteiger partial charge in [-0.2, -0.15) is 11.8 Å². The molecule has 0 amide bonds. The predicted molar refractivity (Wildman–Crippen MR) is 67.8 cm³/mol. The lowest BCUT2D eigenvalue weighted by atomic mass is 10.2. The summed E-state index contributed by atoms with van der Waals surface area (Å²) in [5.74, 6) is 1.35. The van der Waals surface area contributed by atoms with Crippen molar-refractivity contribution in [1.29, 1.82) is 0 Å². The summed E-state index contributed by atoms with van der Waals surface area (Å²) < 4.78 is 0. The minimum absolute atomic E-state index is 0.191. The molecule has 0 saturated heterocycles. The summed E-state index contributed by atoms with van der Waals surface area (Å²) in [7, 11) is 0. The van der Waals surface area contributed by atoms with E-state index in [1.807, 2.05) is 23.9 Å². The van der Waals surface area contributed by atoms with E-state index in [9.17, 15) is 5.11 Å². The number of para-hydroxylation sites is 1. The lowest BCUT2D eigenvalue weighted by Gasteiger charge is -2.07. The number of benzene rings is 1. The molecule has 4 heteroatoms. The second-order valence-corrected chi connectivity index (χ2v) is 4.66. The fourth-order valence-electron chi connectivity index (χ4n) is 1.27. The van der Waals surface area contributed by atoms with E-state index in [1.165, 1.54) is 0 Å². The zero-order chi connectivity index (χ0) is 11.1. The molecule has 0 aromatic heterocycles. The second kappa shape index (κ2) is 6.99. The molecule has 2 N–H and O–H groups in total. The Hall–Kier alpha value is -0.380. The molecule has 0 heterocycles. The van der Waals surface area contributed by atoms with Crippen LogP contribution >= 0.6 is 23.4 Å². The van der Waals surface area contributed by atoms with E-state index >= 15 is 0 Å². The van der Waals surface area contributed by atoms with Crippen LogP contribution in [0.3, 0.4) is 0 Å². The van der Waals surface area contributed by atoms with Gasteiger partial charge in [0.1, 0.15) is 5.75 Å². The van der Waals surface area contributed by atoms with Crippen LogP contribution in [0.4, 0.5) is 0 Å². The molecule has 0 aliphatic rings. The minimum Gasteiger partial charge on any atom is -0.506 e. The zero-order valence-electron chi connectivity index (χ0n) is 8.79. The molecule has 0 unspecified atom stereocenters. The minimum atomic E-state index is 0.191. The topological polar surface area (TPSA) is 32.3 Å². The molecule has 0 bridgehead atoms. The quantitative estimate of drug-likeness (QED) is 0.756. The van der Waals surface area contributed by atoms with Gasteiger partial charge >= 0.3 is 0 Å². The van der Waals surface area contributed by atoms with Gasteiger partial charge in [-0.3, -0.25) is 0 Å². The Morgan fingerprint density at radius 2 is 2.27 bits per heavy atom. The highest BCUT2D eigenvalue weighted by atomic mass is 35.5. The number of aromatic hydroxyl groups is 1. The molecular formula is C11H16ClNOS. The number of hydrogen-bond acceptors (Lipinski definition) is 3. The first kappa shape index (κ1) is 12.7. The highest BCUT2D eigenvalue weighted by Gasteiger charge is 2.03. The lowest BCUT2D eigenvalue weighted by Crippen LogP contribution is -2.15. The van der Waals surface area contributed by atoms with Crippen LogP contribution in [0.25, 0.3) is 0 Å². The zero-order valence-corrected chi connectivity index (χ0v) is 10.4. The maximum absolute atomic E-state index is 9.62. The monoisotopic (exact) mass is 245 g/mol. The summed E-state index contributed by atoms with van der Waals surface area (Å²) in [4.78, 5) is 0. The van der Waals surface area contributed by atoms with Gasteiger partial charge in [-0.25, -0.2) is 0 Å². The van der Waals surface area contributed by atoms with Gasteiger partial charge in [-0.15, -0.1) is 0 Å². The van der Waals surface area contributed by atoms with Crippen LogP contribution in [0.15, 0.2) is 18.2 Å². The average Bonchev–Trinajstić information content (AvgIpc) is 2.24. The Labute approximate surface area is 100 Å².